The number of thiophene rings is 1. The van der Waals surface area contributed by atoms with Crippen LogP contribution in [0.25, 0.3) is 6.08 Å². The number of allylic oxidation sites excluding steroid dienone is 1. The van der Waals surface area contributed by atoms with Crippen molar-refractivity contribution in [2.45, 2.75) is 6.92 Å². The molecule has 0 saturated heterocycles. The van der Waals surface area contributed by atoms with Crippen LogP contribution in [0, 0.1) is 6.92 Å². The van der Waals surface area contributed by atoms with Gasteiger partial charge in [0.05, 0.1) is 0 Å². The molecule has 0 fully saturated rings. The van der Waals surface area contributed by atoms with E-state index in [4.69, 9.17) is 5.11 Å². The lowest BCUT2D eigenvalue weighted by Gasteiger charge is -1.84. The summed E-state index contributed by atoms with van der Waals surface area (Å²) in [5.41, 5.74) is 0.875. The molecule has 0 aliphatic rings. The largest absolute Gasteiger partial charge is 0.477 e. The standard InChI is InChI=1S/C9H8O3S/c1-6-5-8(9(11)12)13-7(6)3-2-4-10/h2-5H,1H3,(H,11,12). The molecule has 0 bridgehead atoms. The number of aromatic carboxylic acids is 1. The predicted octanol–water partition coefficient (Wildman–Crippen LogP) is 1.97. The molecule has 3 nitrogen and oxygen atoms in total. The van der Waals surface area contributed by atoms with Gasteiger partial charge in [-0.25, -0.2) is 4.79 Å². The van der Waals surface area contributed by atoms with Gasteiger partial charge in [0, 0.05) is 4.88 Å². The van der Waals surface area contributed by atoms with Crippen LogP contribution in [0.1, 0.15) is 20.1 Å². The topological polar surface area (TPSA) is 54.4 Å². The Balaban J connectivity index is 3.02. The Bertz CT molecular complexity index is 363. The lowest BCUT2D eigenvalue weighted by atomic mass is 10.2. The van der Waals surface area contributed by atoms with Gasteiger partial charge in [0.2, 0.25) is 0 Å². The van der Waals surface area contributed by atoms with E-state index in [1.54, 1.807) is 12.1 Å². The van der Waals surface area contributed by atoms with Gasteiger partial charge in [-0.05, 0) is 30.7 Å². The van der Waals surface area contributed by atoms with Crippen LogP contribution < -0.4 is 0 Å². The molecule has 0 saturated carbocycles. The summed E-state index contributed by atoms with van der Waals surface area (Å²) in [5.74, 6) is -0.932. The first-order valence-electron chi connectivity index (χ1n) is 3.60. The fraction of sp³-hybridized carbons (Fsp3) is 0.111. The maximum atomic E-state index is 10.6. The molecule has 1 rings (SSSR count). The second-order valence-electron chi connectivity index (χ2n) is 2.46. The van der Waals surface area contributed by atoms with Crippen molar-refractivity contribution in [3.8, 4) is 0 Å². The second kappa shape index (κ2) is 4.00. The van der Waals surface area contributed by atoms with Crippen LogP contribution in [-0.4, -0.2) is 17.4 Å². The average Bonchev–Trinajstić information content (AvgIpc) is 2.44. The number of hydrogen-bond donors (Lipinski definition) is 1. The number of hydrogen-bond acceptors (Lipinski definition) is 3. The Morgan fingerprint density at radius 1 is 1.62 bits per heavy atom. The van der Waals surface area contributed by atoms with Crippen LogP contribution in [0.3, 0.4) is 0 Å². The van der Waals surface area contributed by atoms with Gasteiger partial charge in [0.15, 0.2) is 0 Å². The second-order valence-corrected chi connectivity index (χ2v) is 3.54. The summed E-state index contributed by atoms with van der Waals surface area (Å²) in [6, 6.07) is 1.59. The highest BCUT2D eigenvalue weighted by Gasteiger charge is 2.08. The average molecular weight is 196 g/mol. The number of rotatable bonds is 3. The van der Waals surface area contributed by atoms with Gasteiger partial charge in [0.1, 0.15) is 11.2 Å². The van der Waals surface area contributed by atoms with Crippen LogP contribution in [0.2, 0.25) is 0 Å². The summed E-state index contributed by atoms with van der Waals surface area (Å²) >= 11 is 1.16. The molecule has 0 aliphatic heterocycles. The van der Waals surface area contributed by atoms with Gasteiger partial charge >= 0.3 is 5.97 Å². The number of carbonyl (C=O) groups excluding carboxylic acids is 1. The minimum atomic E-state index is -0.932. The summed E-state index contributed by atoms with van der Waals surface area (Å²) in [5, 5.41) is 8.66. The molecule has 68 valence electrons. The molecule has 0 atom stereocenters. The molecule has 1 aromatic rings. The third-order valence-electron chi connectivity index (χ3n) is 1.49. The maximum Gasteiger partial charge on any atom is 0.345 e. The summed E-state index contributed by atoms with van der Waals surface area (Å²) in [6.45, 7) is 1.81. The molecule has 1 aromatic heterocycles. The van der Waals surface area contributed by atoms with Gasteiger partial charge in [0.25, 0.3) is 0 Å². The zero-order valence-corrected chi connectivity index (χ0v) is 7.80. The summed E-state index contributed by atoms with van der Waals surface area (Å²) < 4.78 is 0. The third kappa shape index (κ3) is 2.26. The van der Waals surface area contributed by atoms with Gasteiger partial charge in [-0.3, -0.25) is 4.79 Å². The number of carbonyl (C=O) groups is 2. The molecule has 0 radical (unpaired) electrons. The van der Waals surface area contributed by atoms with Crippen molar-refractivity contribution in [2.75, 3.05) is 0 Å². The van der Waals surface area contributed by atoms with E-state index in [-0.39, 0.29) is 0 Å². The van der Waals surface area contributed by atoms with Crippen molar-refractivity contribution >= 4 is 29.7 Å². The molecule has 13 heavy (non-hydrogen) atoms. The normalized spacial score (nSPS) is 10.5. The Hall–Kier alpha value is -1.42. The number of carboxylic acid groups (broad SMARTS) is 1. The predicted molar refractivity (Wildman–Crippen MR) is 51.1 cm³/mol. The van der Waals surface area contributed by atoms with E-state index in [1.807, 2.05) is 6.92 Å². The first-order valence-corrected chi connectivity index (χ1v) is 4.42. The smallest absolute Gasteiger partial charge is 0.345 e. The van der Waals surface area contributed by atoms with Crippen LogP contribution in [0.4, 0.5) is 0 Å². The quantitative estimate of drug-likeness (QED) is 0.594. The Labute approximate surface area is 79.3 Å². The third-order valence-corrected chi connectivity index (χ3v) is 2.68. The van der Waals surface area contributed by atoms with E-state index in [1.165, 1.54) is 6.08 Å². The molecule has 1 heterocycles. The molecular formula is C9H8O3S. The van der Waals surface area contributed by atoms with Crippen molar-refractivity contribution in [3.05, 3.63) is 27.5 Å². The van der Waals surface area contributed by atoms with E-state index < -0.39 is 5.97 Å². The zero-order chi connectivity index (χ0) is 9.84. The molecule has 0 spiro atoms. The van der Waals surface area contributed by atoms with Crippen LogP contribution >= 0.6 is 11.3 Å². The lowest BCUT2D eigenvalue weighted by molar-refractivity contribution is -0.104. The van der Waals surface area contributed by atoms with Crippen molar-refractivity contribution in [2.24, 2.45) is 0 Å². The Morgan fingerprint density at radius 3 is 2.77 bits per heavy atom. The minimum absolute atomic E-state index is 0.294. The molecule has 0 unspecified atom stereocenters. The first kappa shape index (κ1) is 9.67. The molecule has 0 aliphatic carbocycles. The van der Waals surface area contributed by atoms with Crippen molar-refractivity contribution in [1.82, 2.24) is 0 Å². The van der Waals surface area contributed by atoms with Crippen molar-refractivity contribution < 1.29 is 14.7 Å². The molecule has 1 N–H and O–H groups in total. The van der Waals surface area contributed by atoms with E-state index in [9.17, 15) is 9.59 Å². The summed E-state index contributed by atoms with van der Waals surface area (Å²) in [4.78, 5) is 21.7. The number of aryl methyl sites for hydroxylation is 1. The maximum absolute atomic E-state index is 10.6. The van der Waals surface area contributed by atoms with Crippen molar-refractivity contribution in [3.63, 3.8) is 0 Å². The molecule has 4 heteroatoms. The van der Waals surface area contributed by atoms with Gasteiger partial charge in [-0.15, -0.1) is 11.3 Å². The lowest BCUT2D eigenvalue weighted by Crippen LogP contribution is -1.89. The van der Waals surface area contributed by atoms with E-state index in [2.05, 4.69) is 0 Å². The van der Waals surface area contributed by atoms with Crippen LogP contribution in [-0.2, 0) is 4.79 Å². The first-order chi connectivity index (χ1) is 6.15. The molecular weight excluding hydrogens is 188 g/mol. The van der Waals surface area contributed by atoms with E-state index >= 15 is 0 Å². The fourth-order valence-corrected chi connectivity index (χ4v) is 1.82. The van der Waals surface area contributed by atoms with Gasteiger partial charge < -0.3 is 5.11 Å². The van der Waals surface area contributed by atoms with Crippen LogP contribution in [0.15, 0.2) is 12.1 Å². The highest BCUT2D eigenvalue weighted by molar-refractivity contribution is 7.15. The molecule has 0 amide bonds. The highest BCUT2D eigenvalue weighted by Crippen LogP contribution is 2.22. The summed E-state index contributed by atoms with van der Waals surface area (Å²) in [6.07, 6.45) is 3.63. The SMILES string of the molecule is Cc1cc(C(=O)O)sc1C=CC=O. The summed E-state index contributed by atoms with van der Waals surface area (Å²) in [7, 11) is 0. The zero-order valence-electron chi connectivity index (χ0n) is 6.98. The Morgan fingerprint density at radius 2 is 2.31 bits per heavy atom. The number of carboxylic acids is 1. The van der Waals surface area contributed by atoms with E-state index in [0.717, 1.165) is 21.8 Å². The fourth-order valence-electron chi connectivity index (χ4n) is 0.894. The van der Waals surface area contributed by atoms with E-state index in [0.29, 0.717) is 11.2 Å². The minimum Gasteiger partial charge on any atom is -0.477 e. The number of aldehydes is 1. The van der Waals surface area contributed by atoms with Gasteiger partial charge in [-0.2, -0.15) is 0 Å². The van der Waals surface area contributed by atoms with Crippen LogP contribution in [0.5, 0.6) is 0 Å². The van der Waals surface area contributed by atoms with Gasteiger partial charge in [-0.1, -0.05) is 0 Å². The highest BCUT2D eigenvalue weighted by atomic mass is 32.1. The Kier molecular flexibility index (Phi) is 2.97. The monoisotopic (exact) mass is 196 g/mol. The van der Waals surface area contributed by atoms with Crippen molar-refractivity contribution in [1.29, 1.82) is 0 Å². The molecule has 0 aromatic carbocycles.